The Bertz CT molecular complexity index is 631. The van der Waals surface area contributed by atoms with Gasteiger partial charge in [0.2, 0.25) is 0 Å². The molecule has 0 spiro atoms. The third-order valence-electron chi connectivity index (χ3n) is 4.62. The van der Waals surface area contributed by atoms with Gasteiger partial charge in [0.15, 0.2) is 0 Å². The van der Waals surface area contributed by atoms with Crippen LogP contribution in [0, 0.1) is 0 Å². The Labute approximate surface area is 143 Å². The second-order valence-electron chi connectivity index (χ2n) is 6.24. The smallest absolute Gasteiger partial charge is 0.122 e. The molecule has 0 aromatic heterocycles. The molecule has 23 heavy (non-hydrogen) atoms. The number of phenols is 1. The molecule has 0 heterocycles. The van der Waals surface area contributed by atoms with E-state index in [-0.39, 0.29) is 0 Å². The largest absolute Gasteiger partial charge is 0.507 e. The summed E-state index contributed by atoms with van der Waals surface area (Å²) < 4.78 is 5.71. The molecule has 0 radical (unpaired) electrons. The second-order valence-corrected chi connectivity index (χ2v) is 6.68. The molecule has 0 unspecified atom stereocenters. The molecule has 3 rings (SSSR count). The summed E-state index contributed by atoms with van der Waals surface area (Å²) >= 11 is 5.86. The van der Waals surface area contributed by atoms with Crippen molar-refractivity contribution in [2.24, 2.45) is 0 Å². The number of hydrogen-bond donors (Lipinski definition) is 1. The third-order valence-corrected chi connectivity index (χ3v) is 4.87. The first-order valence-electron chi connectivity index (χ1n) is 8.43. The van der Waals surface area contributed by atoms with Gasteiger partial charge in [-0.15, -0.1) is 0 Å². The molecule has 1 aliphatic carbocycles. The molecule has 0 saturated heterocycles. The second kappa shape index (κ2) is 7.74. The number of phenolic OH excluding ortho intramolecular Hbond substituents is 1. The highest BCUT2D eigenvalue weighted by molar-refractivity contribution is 6.30. The summed E-state index contributed by atoms with van der Waals surface area (Å²) in [6, 6.07) is 13.6. The average molecular weight is 331 g/mol. The molecule has 2 nitrogen and oxygen atoms in total. The van der Waals surface area contributed by atoms with Gasteiger partial charge in [0.25, 0.3) is 0 Å². The first kappa shape index (κ1) is 16.2. The Hall–Kier alpha value is -1.67. The number of aromatic hydroxyl groups is 1. The van der Waals surface area contributed by atoms with Gasteiger partial charge in [-0.2, -0.15) is 0 Å². The number of aryl methyl sites for hydroxylation is 1. The highest BCUT2D eigenvalue weighted by Gasteiger charge is 2.20. The van der Waals surface area contributed by atoms with Crippen molar-refractivity contribution in [3.8, 4) is 11.5 Å². The summed E-state index contributed by atoms with van der Waals surface area (Å²) in [6.45, 7) is 0.634. The van der Waals surface area contributed by atoms with Crippen molar-refractivity contribution >= 4 is 11.6 Å². The van der Waals surface area contributed by atoms with Crippen molar-refractivity contribution in [3.05, 3.63) is 58.6 Å². The predicted molar refractivity (Wildman–Crippen MR) is 94.6 cm³/mol. The van der Waals surface area contributed by atoms with Gasteiger partial charge in [0.05, 0.1) is 6.61 Å². The zero-order valence-corrected chi connectivity index (χ0v) is 14.1. The van der Waals surface area contributed by atoms with Crippen LogP contribution in [-0.2, 0) is 6.42 Å². The van der Waals surface area contributed by atoms with Gasteiger partial charge in [-0.3, -0.25) is 0 Å². The quantitative estimate of drug-likeness (QED) is 0.687. The van der Waals surface area contributed by atoms with Crippen LogP contribution in [-0.4, -0.2) is 11.7 Å². The maximum atomic E-state index is 10.5. The summed E-state index contributed by atoms with van der Waals surface area (Å²) in [5.74, 6) is 1.88. The Balaban J connectivity index is 1.53. The predicted octanol–water partition coefficient (Wildman–Crippen LogP) is 5.71. The van der Waals surface area contributed by atoms with Gasteiger partial charge in [-0.1, -0.05) is 42.6 Å². The molecule has 1 aliphatic rings. The summed E-state index contributed by atoms with van der Waals surface area (Å²) in [4.78, 5) is 0. The minimum Gasteiger partial charge on any atom is -0.507 e. The van der Waals surface area contributed by atoms with Gasteiger partial charge < -0.3 is 9.84 Å². The van der Waals surface area contributed by atoms with Crippen LogP contribution < -0.4 is 4.74 Å². The normalized spacial score (nSPS) is 15.0. The lowest BCUT2D eigenvalue weighted by Gasteiger charge is -2.15. The van der Waals surface area contributed by atoms with Crippen LogP contribution in [0.4, 0.5) is 0 Å². The van der Waals surface area contributed by atoms with Crippen molar-refractivity contribution in [1.82, 2.24) is 0 Å². The molecule has 1 saturated carbocycles. The van der Waals surface area contributed by atoms with Gasteiger partial charge in [0, 0.05) is 5.02 Å². The van der Waals surface area contributed by atoms with Gasteiger partial charge in [-0.05, 0) is 67.0 Å². The number of benzene rings is 2. The maximum absolute atomic E-state index is 10.5. The van der Waals surface area contributed by atoms with Crippen LogP contribution in [0.15, 0.2) is 42.5 Å². The minimum absolute atomic E-state index is 0.505. The zero-order valence-electron chi connectivity index (χ0n) is 13.3. The maximum Gasteiger partial charge on any atom is 0.122 e. The lowest BCUT2D eigenvalue weighted by molar-refractivity contribution is 0.310. The van der Waals surface area contributed by atoms with Crippen LogP contribution in [0.5, 0.6) is 11.5 Å². The summed E-state index contributed by atoms with van der Waals surface area (Å²) in [5.41, 5.74) is 2.17. The molecule has 122 valence electrons. The van der Waals surface area contributed by atoms with Gasteiger partial charge >= 0.3 is 0 Å². The summed E-state index contributed by atoms with van der Waals surface area (Å²) in [5, 5.41) is 11.3. The fraction of sp³-hybridized carbons (Fsp3) is 0.400. The molecule has 1 N–H and O–H groups in total. The van der Waals surface area contributed by atoms with Crippen molar-refractivity contribution in [1.29, 1.82) is 0 Å². The average Bonchev–Trinajstić information content (AvgIpc) is 3.09. The first-order valence-corrected chi connectivity index (χ1v) is 8.81. The highest BCUT2D eigenvalue weighted by Crippen LogP contribution is 2.39. The minimum atomic E-state index is 0.505. The topological polar surface area (TPSA) is 29.5 Å². The van der Waals surface area contributed by atoms with Crippen LogP contribution >= 0.6 is 11.6 Å². The van der Waals surface area contributed by atoms with E-state index in [0.717, 1.165) is 29.7 Å². The summed E-state index contributed by atoms with van der Waals surface area (Å²) in [7, 11) is 0. The van der Waals surface area contributed by atoms with Crippen molar-refractivity contribution in [2.45, 2.75) is 44.4 Å². The van der Waals surface area contributed by atoms with E-state index >= 15 is 0 Å². The molecular formula is C20H23ClO2. The molecule has 0 aliphatic heterocycles. The fourth-order valence-corrected chi connectivity index (χ4v) is 3.49. The van der Waals surface area contributed by atoms with E-state index in [4.69, 9.17) is 16.3 Å². The van der Waals surface area contributed by atoms with Crippen LogP contribution in [0.25, 0.3) is 0 Å². The van der Waals surface area contributed by atoms with E-state index < -0.39 is 0 Å². The molecule has 2 aromatic rings. The van der Waals surface area contributed by atoms with E-state index in [0.29, 0.717) is 23.3 Å². The van der Waals surface area contributed by atoms with E-state index in [2.05, 4.69) is 12.1 Å². The molecule has 1 fully saturated rings. The number of hydrogen-bond acceptors (Lipinski definition) is 2. The fourth-order valence-electron chi connectivity index (χ4n) is 3.36. The molecule has 0 bridgehead atoms. The van der Waals surface area contributed by atoms with Gasteiger partial charge in [-0.25, -0.2) is 0 Å². The highest BCUT2D eigenvalue weighted by atomic mass is 35.5. The van der Waals surface area contributed by atoms with Gasteiger partial charge in [0.1, 0.15) is 11.5 Å². The number of halogens is 1. The first-order chi connectivity index (χ1) is 11.2. The van der Waals surface area contributed by atoms with E-state index in [1.807, 2.05) is 30.3 Å². The Morgan fingerprint density at radius 1 is 1.04 bits per heavy atom. The molecular weight excluding hydrogens is 308 g/mol. The summed E-state index contributed by atoms with van der Waals surface area (Å²) in [6.07, 6.45) is 6.68. The van der Waals surface area contributed by atoms with Crippen LogP contribution in [0.1, 0.15) is 49.1 Å². The number of rotatable bonds is 6. The third kappa shape index (κ3) is 4.20. The van der Waals surface area contributed by atoms with E-state index in [1.165, 1.54) is 25.7 Å². The van der Waals surface area contributed by atoms with Crippen LogP contribution in [0.2, 0.25) is 5.02 Å². The van der Waals surface area contributed by atoms with Crippen molar-refractivity contribution in [3.63, 3.8) is 0 Å². The lowest BCUT2D eigenvalue weighted by Crippen LogP contribution is -2.01. The molecule has 0 amide bonds. The molecule has 3 heteroatoms. The Kier molecular flexibility index (Phi) is 5.45. The SMILES string of the molecule is Oc1c(CCCOc2ccc(Cl)cc2)cccc1C1CCCC1. The number of para-hydroxylation sites is 1. The van der Waals surface area contributed by atoms with Crippen LogP contribution in [0.3, 0.4) is 0 Å². The lowest BCUT2D eigenvalue weighted by atomic mass is 9.93. The molecule has 0 atom stereocenters. The standard InChI is InChI=1S/C20H23ClO2/c21-17-10-12-18(13-11-17)23-14-4-8-16-7-3-9-19(20(16)22)15-5-1-2-6-15/h3,7,9-13,15,22H,1-2,4-6,8,14H2. The van der Waals surface area contributed by atoms with E-state index in [9.17, 15) is 5.11 Å². The Morgan fingerprint density at radius 3 is 2.52 bits per heavy atom. The Morgan fingerprint density at radius 2 is 1.78 bits per heavy atom. The van der Waals surface area contributed by atoms with Crippen molar-refractivity contribution < 1.29 is 9.84 Å². The van der Waals surface area contributed by atoms with E-state index in [1.54, 1.807) is 0 Å². The number of ether oxygens (including phenoxy) is 1. The monoisotopic (exact) mass is 330 g/mol. The zero-order chi connectivity index (χ0) is 16.1. The molecule has 2 aromatic carbocycles. The van der Waals surface area contributed by atoms with Crippen molar-refractivity contribution in [2.75, 3.05) is 6.61 Å².